The second-order valence-corrected chi connectivity index (χ2v) is 5.18. The fraction of sp³-hybridized carbons (Fsp3) is 0.455. The Morgan fingerprint density at radius 2 is 2.07 bits per heavy atom. The number of benzene rings is 1. The number of hydrogen-bond donors (Lipinski definition) is 1. The first-order chi connectivity index (χ1) is 6.65. The summed E-state index contributed by atoms with van der Waals surface area (Å²) in [6, 6.07) is 6.28. The van der Waals surface area contributed by atoms with Crippen LogP contribution in [0.25, 0.3) is 0 Å². The van der Waals surface area contributed by atoms with Crippen molar-refractivity contribution in [1.82, 2.24) is 0 Å². The van der Waals surface area contributed by atoms with E-state index in [1.807, 2.05) is 12.1 Å². The van der Waals surface area contributed by atoms with Crippen LogP contribution < -0.4 is 5.73 Å². The van der Waals surface area contributed by atoms with Gasteiger partial charge in [-0.15, -0.1) is 0 Å². The third-order valence-corrected chi connectivity index (χ3v) is 3.44. The van der Waals surface area contributed by atoms with Gasteiger partial charge in [-0.2, -0.15) is 0 Å². The molecule has 0 bridgehead atoms. The van der Waals surface area contributed by atoms with Crippen LogP contribution in [0, 0.1) is 0 Å². The maximum absolute atomic E-state index is 6.10. The summed E-state index contributed by atoms with van der Waals surface area (Å²) in [6.07, 6.45) is 3.42. The minimum absolute atomic E-state index is 0.141. The van der Waals surface area contributed by atoms with Crippen molar-refractivity contribution in [3.8, 4) is 0 Å². The van der Waals surface area contributed by atoms with Crippen LogP contribution in [-0.4, -0.2) is 0 Å². The molecule has 0 spiro atoms. The zero-order valence-electron chi connectivity index (χ0n) is 8.26. The summed E-state index contributed by atoms with van der Waals surface area (Å²) in [6.45, 7) is 2.18. The zero-order valence-corrected chi connectivity index (χ0v) is 11.4. The highest BCUT2D eigenvalue weighted by molar-refractivity contribution is 9.11. The van der Waals surface area contributed by atoms with E-state index in [0.717, 1.165) is 15.4 Å². The lowest BCUT2D eigenvalue weighted by atomic mass is 10.0. The monoisotopic (exact) mass is 319 g/mol. The molecule has 14 heavy (non-hydrogen) atoms. The smallest absolute Gasteiger partial charge is 0.0306 e. The highest BCUT2D eigenvalue weighted by Gasteiger charge is 2.09. The molecule has 1 rings (SSSR count). The van der Waals surface area contributed by atoms with E-state index in [1.54, 1.807) is 0 Å². The van der Waals surface area contributed by atoms with E-state index in [1.165, 1.54) is 18.4 Å². The van der Waals surface area contributed by atoms with Crippen molar-refractivity contribution in [2.75, 3.05) is 0 Å². The summed E-state index contributed by atoms with van der Waals surface area (Å²) >= 11 is 6.98. The van der Waals surface area contributed by atoms with Crippen LogP contribution >= 0.6 is 31.9 Å². The topological polar surface area (TPSA) is 26.0 Å². The molecule has 1 aromatic carbocycles. The van der Waals surface area contributed by atoms with Gasteiger partial charge in [0.15, 0.2) is 0 Å². The Balaban J connectivity index is 2.77. The average Bonchev–Trinajstić information content (AvgIpc) is 2.18. The molecule has 1 nitrogen and oxygen atoms in total. The van der Waals surface area contributed by atoms with E-state index >= 15 is 0 Å². The predicted octanol–water partition coefficient (Wildman–Crippen LogP) is 4.40. The number of halogens is 2. The third kappa shape index (κ3) is 3.37. The van der Waals surface area contributed by atoms with E-state index < -0.39 is 0 Å². The van der Waals surface area contributed by atoms with E-state index in [4.69, 9.17) is 5.73 Å². The van der Waals surface area contributed by atoms with Gasteiger partial charge in [0, 0.05) is 15.0 Å². The predicted molar refractivity (Wildman–Crippen MR) is 68.3 cm³/mol. The van der Waals surface area contributed by atoms with Gasteiger partial charge in [-0.3, -0.25) is 0 Å². The van der Waals surface area contributed by atoms with Crippen molar-refractivity contribution < 1.29 is 0 Å². The number of nitrogens with two attached hydrogens (primary N) is 1. The molecule has 0 aromatic heterocycles. The summed E-state index contributed by atoms with van der Waals surface area (Å²) in [5.74, 6) is 0. The summed E-state index contributed by atoms with van der Waals surface area (Å²) in [7, 11) is 0. The SMILES string of the molecule is CCCC[C@@H](N)c1cc(Br)ccc1Br. The van der Waals surface area contributed by atoms with E-state index in [0.29, 0.717) is 0 Å². The molecule has 3 heteroatoms. The van der Waals surface area contributed by atoms with Gasteiger partial charge in [-0.1, -0.05) is 51.6 Å². The third-order valence-electron chi connectivity index (χ3n) is 2.23. The fourth-order valence-corrected chi connectivity index (χ4v) is 2.30. The van der Waals surface area contributed by atoms with Gasteiger partial charge in [0.1, 0.15) is 0 Å². The molecule has 0 fully saturated rings. The summed E-state index contributed by atoms with van der Waals surface area (Å²) < 4.78 is 2.19. The average molecular weight is 321 g/mol. The van der Waals surface area contributed by atoms with Gasteiger partial charge < -0.3 is 5.73 Å². The molecule has 1 atom stereocenters. The van der Waals surface area contributed by atoms with Gasteiger partial charge in [-0.25, -0.2) is 0 Å². The van der Waals surface area contributed by atoms with Gasteiger partial charge in [0.25, 0.3) is 0 Å². The molecule has 78 valence electrons. The minimum atomic E-state index is 0.141. The molecule has 0 radical (unpaired) electrons. The molecule has 0 amide bonds. The van der Waals surface area contributed by atoms with Crippen LogP contribution in [0.15, 0.2) is 27.1 Å². The Morgan fingerprint density at radius 1 is 1.36 bits per heavy atom. The van der Waals surface area contributed by atoms with Gasteiger partial charge in [-0.05, 0) is 30.2 Å². The van der Waals surface area contributed by atoms with Crippen LogP contribution in [0.5, 0.6) is 0 Å². The normalized spacial score (nSPS) is 12.9. The molecule has 0 aliphatic rings. The van der Waals surface area contributed by atoms with E-state index in [9.17, 15) is 0 Å². The summed E-state index contributed by atoms with van der Waals surface area (Å²) in [5.41, 5.74) is 7.29. The first-order valence-electron chi connectivity index (χ1n) is 4.85. The molecule has 0 heterocycles. The van der Waals surface area contributed by atoms with Crippen molar-refractivity contribution in [3.05, 3.63) is 32.7 Å². The van der Waals surface area contributed by atoms with Crippen LogP contribution in [0.4, 0.5) is 0 Å². The van der Waals surface area contributed by atoms with E-state index in [-0.39, 0.29) is 6.04 Å². The van der Waals surface area contributed by atoms with Crippen molar-refractivity contribution in [2.45, 2.75) is 32.2 Å². The maximum Gasteiger partial charge on any atom is 0.0306 e. The Hall–Kier alpha value is 0.140. The molecule has 0 saturated heterocycles. The first kappa shape index (κ1) is 12.2. The minimum Gasteiger partial charge on any atom is -0.324 e. The Bertz CT molecular complexity index is 299. The Kier molecular flexibility index (Phi) is 5.13. The van der Waals surface area contributed by atoms with E-state index in [2.05, 4.69) is 44.8 Å². The van der Waals surface area contributed by atoms with Crippen molar-refractivity contribution in [2.24, 2.45) is 5.73 Å². The second-order valence-electron chi connectivity index (χ2n) is 3.41. The Labute approximate surface area is 102 Å². The molecule has 0 aliphatic carbocycles. The standard InChI is InChI=1S/C11H15Br2N/c1-2-3-4-11(14)9-7-8(12)5-6-10(9)13/h5-7,11H,2-4,14H2,1H3/t11-/m1/s1. The zero-order chi connectivity index (χ0) is 10.6. The molecular weight excluding hydrogens is 306 g/mol. The second kappa shape index (κ2) is 5.89. The number of rotatable bonds is 4. The summed E-state index contributed by atoms with van der Waals surface area (Å²) in [5, 5.41) is 0. The van der Waals surface area contributed by atoms with Crippen LogP contribution in [0.3, 0.4) is 0 Å². The molecule has 0 aliphatic heterocycles. The molecule has 2 N–H and O–H groups in total. The van der Waals surface area contributed by atoms with Crippen molar-refractivity contribution in [1.29, 1.82) is 0 Å². The quantitative estimate of drug-likeness (QED) is 0.874. The number of hydrogen-bond acceptors (Lipinski definition) is 1. The van der Waals surface area contributed by atoms with Crippen LogP contribution in [-0.2, 0) is 0 Å². The highest BCUT2D eigenvalue weighted by Crippen LogP contribution is 2.28. The lowest BCUT2D eigenvalue weighted by Crippen LogP contribution is -2.10. The summed E-state index contributed by atoms with van der Waals surface area (Å²) in [4.78, 5) is 0. The van der Waals surface area contributed by atoms with Crippen molar-refractivity contribution in [3.63, 3.8) is 0 Å². The molecule has 0 unspecified atom stereocenters. The van der Waals surface area contributed by atoms with Gasteiger partial charge >= 0.3 is 0 Å². The van der Waals surface area contributed by atoms with Crippen molar-refractivity contribution >= 4 is 31.9 Å². The Morgan fingerprint density at radius 3 is 2.71 bits per heavy atom. The lowest BCUT2D eigenvalue weighted by Gasteiger charge is -2.13. The highest BCUT2D eigenvalue weighted by atomic mass is 79.9. The first-order valence-corrected chi connectivity index (χ1v) is 6.44. The molecule has 0 saturated carbocycles. The maximum atomic E-state index is 6.10. The largest absolute Gasteiger partial charge is 0.324 e. The van der Waals surface area contributed by atoms with Crippen LogP contribution in [0.1, 0.15) is 37.8 Å². The van der Waals surface area contributed by atoms with Gasteiger partial charge in [0.05, 0.1) is 0 Å². The number of unbranched alkanes of at least 4 members (excludes halogenated alkanes) is 1. The van der Waals surface area contributed by atoms with Crippen LogP contribution in [0.2, 0.25) is 0 Å². The fourth-order valence-electron chi connectivity index (χ4n) is 1.38. The molecular formula is C11H15Br2N. The lowest BCUT2D eigenvalue weighted by molar-refractivity contribution is 0.601. The van der Waals surface area contributed by atoms with Gasteiger partial charge in [0.2, 0.25) is 0 Å². The molecule has 1 aromatic rings.